The molecule has 0 radical (unpaired) electrons. The average molecular weight is 372 g/mol. The summed E-state index contributed by atoms with van der Waals surface area (Å²) in [6, 6.07) is 12.2. The Kier molecular flexibility index (Phi) is 7.05. The van der Waals surface area contributed by atoms with E-state index in [1.165, 1.54) is 25.8 Å². The van der Waals surface area contributed by atoms with Crippen LogP contribution in [0.5, 0.6) is 17.2 Å². The molecule has 0 saturated carbocycles. The van der Waals surface area contributed by atoms with E-state index in [9.17, 15) is 9.59 Å². The van der Waals surface area contributed by atoms with E-state index in [4.69, 9.17) is 14.2 Å². The fraction of sp³-hybridized carbons (Fsp3) is 0.300. The first-order valence-corrected chi connectivity index (χ1v) is 8.56. The molecule has 0 aliphatic carbocycles. The van der Waals surface area contributed by atoms with Gasteiger partial charge in [0.2, 0.25) is 0 Å². The van der Waals surface area contributed by atoms with Gasteiger partial charge in [0.25, 0.3) is 11.8 Å². The molecule has 2 aromatic rings. The van der Waals surface area contributed by atoms with Crippen molar-refractivity contribution in [3.63, 3.8) is 0 Å². The van der Waals surface area contributed by atoms with Gasteiger partial charge < -0.3 is 14.2 Å². The molecule has 2 N–H and O–H groups in total. The highest BCUT2D eigenvalue weighted by atomic mass is 16.5. The van der Waals surface area contributed by atoms with Gasteiger partial charge in [0.05, 0.1) is 14.2 Å². The predicted molar refractivity (Wildman–Crippen MR) is 101 cm³/mol. The topological polar surface area (TPSA) is 85.9 Å². The lowest BCUT2D eigenvalue weighted by atomic mass is 10.2. The molecule has 7 heteroatoms. The van der Waals surface area contributed by atoms with Gasteiger partial charge >= 0.3 is 0 Å². The van der Waals surface area contributed by atoms with Crippen LogP contribution in [0.15, 0.2) is 42.5 Å². The Morgan fingerprint density at radius 1 is 0.963 bits per heavy atom. The van der Waals surface area contributed by atoms with E-state index < -0.39 is 17.9 Å². The Labute approximate surface area is 158 Å². The minimum Gasteiger partial charge on any atom is -0.493 e. The Morgan fingerprint density at radius 2 is 1.63 bits per heavy atom. The number of hydrogen-bond donors (Lipinski definition) is 2. The van der Waals surface area contributed by atoms with Crippen molar-refractivity contribution < 1.29 is 23.8 Å². The second kappa shape index (κ2) is 9.47. The summed E-state index contributed by atoms with van der Waals surface area (Å²) in [7, 11) is 2.99. The van der Waals surface area contributed by atoms with Crippen LogP contribution < -0.4 is 25.1 Å². The first kappa shape index (κ1) is 20.1. The molecule has 0 aliphatic heterocycles. The Bertz CT molecular complexity index is 789. The van der Waals surface area contributed by atoms with Crippen molar-refractivity contribution in [1.29, 1.82) is 0 Å². The minimum absolute atomic E-state index is 0.316. The van der Waals surface area contributed by atoms with Gasteiger partial charge in [-0.2, -0.15) is 0 Å². The number of amides is 2. The number of hydrogen-bond acceptors (Lipinski definition) is 5. The predicted octanol–water partition coefficient (Wildman–Crippen LogP) is 2.49. The molecule has 0 aromatic heterocycles. The highest BCUT2D eigenvalue weighted by Crippen LogP contribution is 2.27. The number of nitrogens with one attached hydrogen (secondary N) is 2. The maximum Gasteiger partial charge on any atom is 0.279 e. The van der Waals surface area contributed by atoms with E-state index in [1.54, 1.807) is 19.1 Å². The molecule has 0 aliphatic rings. The summed E-state index contributed by atoms with van der Waals surface area (Å²) < 4.78 is 15.9. The SMILES string of the molecule is CCc1ccc(OC(C)C(=O)NNC(=O)c2ccc(OC)c(OC)c2)cc1. The lowest BCUT2D eigenvalue weighted by Gasteiger charge is -2.15. The first-order chi connectivity index (χ1) is 13.0. The molecule has 2 rings (SSSR count). The van der Waals surface area contributed by atoms with Gasteiger partial charge in [0.1, 0.15) is 5.75 Å². The van der Waals surface area contributed by atoms with Crippen LogP contribution in [0.1, 0.15) is 29.8 Å². The van der Waals surface area contributed by atoms with Gasteiger partial charge in [-0.05, 0) is 49.2 Å². The van der Waals surface area contributed by atoms with Crippen LogP contribution in [0.3, 0.4) is 0 Å². The number of aryl methyl sites for hydroxylation is 1. The fourth-order valence-electron chi connectivity index (χ4n) is 2.33. The second-order valence-corrected chi connectivity index (χ2v) is 5.77. The maximum atomic E-state index is 12.2. The number of benzene rings is 2. The van der Waals surface area contributed by atoms with Crippen molar-refractivity contribution in [1.82, 2.24) is 10.9 Å². The molecular formula is C20H24N2O5. The molecule has 144 valence electrons. The highest BCUT2D eigenvalue weighted by molar-refractivity contribution is 5.96. The number of hydrazine groups is 1. The van der Waals surface area contributed by atoms with Crippen LogP contribution in [0.4, 0.5) is 0 Å². The summed E-state index contributed by atoms with van der Waals surface area (Å²) in [6.07, 6.45) is 0.154. The normalized spacial score (nSPS) is 11.3. The number of methoxy groups -OCH3 is 2. The third kappa shape index (κ3) is 5.37. The van der Waals surface area contributed by atoms with Gasteiger partial charge in [-0.1, -0.05) is 19.1 Å². The lowest BCUT2D eigenvalue weighted by Crippen LogP contribution is -2.47. The highest BCUT2D eigenvalue weighted by Gasteiger charge is 2.17. The minimum atomic E-state index is -0.775. The summed E-state index contributed by atoms with van der Waals surface area (Å²) in [5, 5.41) is 0. The van der Waals surface area contributed by atoms with Crippen molar-refractivity contribution in [3.05, 3.63) is 53.6 Å². The van der Waals surface area contributed by atoms with Crippen molar-refractivity contribution in [2.45, 2.75) is 26.4 Å². The van der Waals surface area contributed by atoms with Crippen molar-refractivity contribution in [3.8, 4) is 17.2 Å². The zero-order valence-corrected chi connectivity index (χ0v) is 15.9. The molecule has 2 aromatic carbocycles. The van der Waals surface area contributed by atoms with E-state index in [0.717, 1.165) is 6.42 Å². The molecule has 27 heavy (non-hydrogen) atoms. The van der Waals surface area contributed by atoms with E-state index >= 15 is 0 Å². The molecule has 0 saturated heterocycles. The van der Waals surface area contributed by atoms with Gasteiger partial charge in [0, 0.05) is 5.56 Å². The molecule has 0 spiro atoms. The second-order valence-electron chi connectivity index (χ2n) is 5.77. The third-order valence-corrected chi connectivity index (χ3v) is 3.96. The van der Waals surface area contributed by atoms with Gasteiger partial charge in [-0.3, -0.25) is 20.4 Å². The van der Waals surface area contributed by atoms with Crippen LogP contribution in [0.25, 0.3) is 0 Å². The monoisotopic (exact) mass is 372 g/mol. The molecule has 7 nitrogen and oxygen atoms in total. The largest absolute Gasteiger partial charge is 0.493 e. The van der Waals surface area contributed by atoms with Crippen LogP contribution >= 0.6 is 0 Å². The average Bonchev–Trinajstić information content (AvgIpc) is 2.71. The Hall–Kier alpha value is -3.22. The summed E-state index contributed by atoms with van der Waals surface area (Å²) in [4.78, 5) is 24.3. The number of carbonyl (C=O) groups excluding carboxylic acids is 2. The van der Waals surface area contributed by atoms with E-state index in [0.29, 0.717) is 22.8 Å². The summed E-state index contributed by atoms with van der Waals surface area (Å²) >= 11 is 0. The Balaban J connectivity index is 1.90. The molecule has 0 bridgehead atoms. The van der Waals surface area contributed by atoms with Crippen LogP contribution in [-0.2, 0) is 11.2 Å². The summed E-state index contributed by atoms with van der Waals surface area (Å²) in [6.45, 7) is 3.67. The number of carbonyl (C=O) groups is 2. The fourth-order valence-corrected chi connectivity index (χ4v) is 2.33. The van der Waals surface area contributed by atoms with E-state index in [2.05, 4.69) is 17.8 Å². The molecule has 0 heterocycles. The smallest absolute Gasteiger partial charge is 0.279 e. The molecule has 2 amide bonds. The van der Waals surface area contributed by atoms with E-state index in [-0.39, 0.29) is 0 Å². The van der Waals surface area contributed by atoms with Gasteiger partial charge in [-0.15, -0.1) is 0 Å². The number of rotatable bonds is 7. The maximum absolute atomic E-state index is 12.2. The molecular weight excluding hydrogens is 348 g/mol. The van der Waals surface area contributed by atoms with Crippen molar-refractivity contribution in [2.24, 2.45) is 0 Å². The summed E-state index contributed by atoms with van der Waals surface area (Å²) in [5.74, 6) is 0.561. The quantitative estimate of drug-likeness (QED) is 0.730. The van der Waals surface area contributed by atoms with Crippen molar-refractivity contribution >= 4 is 11.8 Å². The Morgan fingerprint density at radius 3 is 2.22 bits per heavy atom. The zero-order valence-electron chi connectivity index (χ0n) is 15.9. The molecule has 0 fully saturated rings. The third-order valence-electron chi connectivity index (χ3n) is 3.96. The standard InChI is InChI=1S/C20H24N2O5/c1-5-14-6-9-16(10-7-14)27-13(2)19(23)21-22-20(24)15-8-11-17(25-3)18(12-15)26-4/h6-13H,5H2,1-4H3,(H,21,23)(H,22,24). The summed E-state index contributed by atoms with van der Waals surface area (Å²) in [5.41, 5.74) is 6.21. The van der Waals surface area contributed by atoms with E-state index in [1.807, 2.05) is 24.3 Å². The molecule has 1 atom stereocenters. The van der Waals surface area contributed by atoms with Crippen LogP contribution in [-0.4, -0.2) is 32.1 Å². The van der Waals surface area contributed by atoms with Crippen molar-refractivity contribution in [2.75, 3.05) is 14.2 Å². The van der Waals surface area contributed by atoms with Gasteiger partial charge in [0.15, 0.2) is 17.6 Å². The van der Waals surface area contributed by atoms with Crippen LogP contribution in [0.2, 0.25) is 0 Å². The lowest BCUT2D eigenvalue weighted by molar-refractivity contribution is -0.128. The zero-order chi connectivity index (χ0) is 19.8. The first-order valence-electron chi connectivity index (χ1n) is 8.56. The van der Waals surface area contributed by atoms with Crippen LogP contribution in [0, 0.1) is 0 Å². The number of ether oxygens (including phenoxy) is 3. The molecule has 1 unspecified atom stereocenters. The van der Waals surface area contributed by atoms with Gasteiger partial charge in [-0.25, -0.2) is 0 Å².